The van der Waals surface area contributed by atoms with Crippen molar-refractivity contribution in [3.63, 3.8) is 0 Å². The highest BCUT2D eigenvalue weighted by molar-refractivity contribution is 5.77. The Balaban J connectivity index is 1.98. The van der Waals surface area contributed by atoms with Gasteiger partial charge in [-0.1, -0.05) is 0 Å². The molecule has 0 atom stereocenters. The third kappa shape index (κ3) is 4.77. The molecule has 2 rings (SSSR count). The number of nitrogens with two attached hydrogens (primary N) is 1. The summed E-state index contributed by atoms with van der Waals surface area (Å²) in [5.74, 6) is 1.51. The van der Waals surface area contributed by atoms with Crippen LogP contribution in [0.2, 0.25) is 0 Å². The number of aromatic nitrogens is 4. The van der Waals surface area contributed by atoms with E-state index in [1.807, 2.05) is 0 Å². The monoisotopic (exact) mass is 319 g/mol. The third-order valence-corrected chi connectivity index (χ3v) is 2.76. The standard InChI is InChI=1S/C14H18FN7O/c1-17-8-11(6-16)18-9-12-20-14(22-21-12)10-2-3-13(19-7-10)23-5-4-15/h2-3,6-8,18H,4-5,9,16H2,1H3,(H,20,21,22). The number of rotatable bonds is 8. The number of aromatic amines is 1. The summed E-state index contributed by atoms with van der Waals surface area (Å²) in [7, 11) is 1.66. The molecule has 0 unspecified atom stereocenters. The van der Waals surface area contributed by atoms with Crippen LogP contribution in [0.4, 0.5) is 4.39 Å². The van der Waals surface area contributed by atoms with Crippen LogP contribution in [0.3, 0.4) is 0 Å². The Morgan fingerprint density at radius 2 is 2.39 bits per heavy atom. The van der Waals surface area contributed by atoms with E-state index in [9.17, 15) is 4.39 Å². The van der Waals surface area contributed by atoms with Crippen molar-refractivity contribution in [3.8, 4) is 17.3 Å². The van der Waals surface area contributed by atoms with Gasteiger partial charge in [0, 0.05) is 37.3 Å². The second kappa shape index (κ2) is 8.47. The lowest BCUT2D eigenvalue weighted by Crippen LogP contribution is -2.16. The Hall–Kier alpha value is -2.97. The van der Waals surface area contributed by atoms with Crippen molar-refractivity contribution in [2.45, 2.75) is 6.54 Å². The third-order valence-electron chi connectivity index (χ3n) is 2.76. The molecule has 0 aliphatic rings. The summed E-state index contributed by atoms with van der Waals surface area (Å²) in [5, 5.41) is 10.0. The van der Waals surface area contributed by atoms with E-state index in [-0.39, 0.29) is 6.61 Å². The number of pyridine rings is 1. The molecule has 2 heterocycles. The summed E-state index contributed by atoms with van der Waals surface area (Å²) in [6.45, 7) is -0.142. The number of ether oxygens (including phenoxy) is 1. The average molecular weight is 319 g/mol. The molecular weight excluding hydrogens is 301 g/mol. The zero-order valence-corrected chi connectivity index (χ0v) is 12.7. The highest BCUT2D eigenvalue weighted by Crippen LogP contribution is 2.16. The van der Waals surface area contributed by atoms with E-state index >= 15 is 0 Å². The molecule has 23 heavy (non-hydrogen) atoms. The van der Waals surface area contributed by atoms with Crippen molar-refractivity contribution in [3.05, 3.63) is 36.1 Å². The molecule has 122 valence electrons. The molecule has 0 saturated carbocycles. The number of hydrogen-bond acceptors (Lipinski definition) is 7. The Kier molecular flexibility index (Phi) is 6.04. The van der Waals surface area contributed by atoms with Crippen molar-refractivity contribution < 1.29 is 9.13 Å². The fraction of sp³-hybridized carbons (Fsp3) is 0.286. The molecule has 0 bridgehead atoms. The Morgan fingerprint density at radius 1 is 1.52 bits per heavy atom. The van der Waals surface area contributed by atoms with Gasteiger partial charge in [0.2, 0.25) is 5.88 Å². The van der Waals surface area contributed by atoms with Crippen molar-refractivity contribution in [2.24, 2.45) is 10.7 Å². The lowest BCUT2D eigenvalue weighted by atomic mass is 10.3. The van der Waals surface area contributed by atoms with E-state index < -0.39 is 6.67 Å². The molecule has 0 aromatic carbocycles. The second-order valence-electron chi connectivity index (χ2n) is 4.39. The summed E-state index contributed by atoms with van der Waals surface area (Å²) in [5.41, 5.74) is 6.87. The van der Waals surface area contributed by atoms with E-state index in [0.717, 1.165) is 5.56 Å². The molecule has 0 spiro atoms. The van der Waals surface area contributed by atoms with Crippen LogP contribution in [-0.4, -0.2) is 46.7 Å². The summed E-state index contributed by atoms with van der Waals surface area (Å²) < 4.78 is 17.1. The maximum atomic E-state index is 12.0. The van der Waals surface area contributed by atoms with Gasteiger partial charge < -0.3 is 15.8 Å². The molecule has 0 aliphatic carbocycles. The van der Waals surface area contributed by atoms with Crippen molar-refractivity contribution in [1.29, 1.82) is 0 Å². The Morgan fingerprint density at radius 3 is 3.04 bits per heavy atom. The van der Waals surface area contributed by atoms with E-state index in [0.29, 0.717) is 29.8 Å². The predicted molar refractivity (Wildman–Crippen MR) is 84.6 cm³/mol. The lowest BCUT2D eigenvalue weighted by molar-refractivity contribution is 0.264. The number of hydrogen-bond donors (Lipinski definition) is 3. The van der Waals surface area contributed by atoms with Crippen LogP contribution in [0.1, 0.15) is 5.82 Å². The molecule has 4 N–H and O–H groups in total. The number of allylic oxidation sites excluding steroid dienone is 1. The highest BCUT2D eigenvalue weighted by atomic mass is 19.1. The highest BCUT2D eigenvalue weighted by Gasteiger charge is 2.07. The minimum atomic E-state index is -0.553. The maximum Gasteiger partial charge on any atom is 0.213 e. The largest absolute Gasteiger partial charge is 0.475 e. The van der Waals surface area contributed by atoms with E-state index in [2.05, 4.69) is 30.5 Å². The van der Waals surface area contributed by atoms with Gasteiger partial charge in [0.15, 0.2) is 5.82 Å². The van der Waals surface area contributed by atoms with Gasteiger partial charge in [-0.2, -0.15) is 5.10 Å². The van der Waals surface area contributed by atoms with Gasteiger partial charge in [-0.05, 0) is 6.07 Å². The zero-order chi connectivity index (χ0) is 16.5. The lowest BCUT2D eigenvalue weighted by Gasteiger charge is -2.03. The van der Waals surface area contributed by atoms with Gasteiger partial charge in [-0.25, -0.2) is 14.4 Å². The smallest absolute Gasteiger partial charge is 0.213 e. The van der Waals surface area contributed by atoms with Crippen LogP contribution in [0, 0.1) is 0 Å². The van der Waals surface area contributed by atoms with Gasteiger partial charge >= 0.3 is 0 Å². The molecule has 0 aliphatic heterocycles. The summed E-state index contributed by atoms with van der Waals surface area (Å²) >= 11 is 0. The molecule has 2 aromatic heterocycles. The minimum Gasteiger partial charge on any atom is -0.475 e. The molecule has 2 aromatic rings. The van der Waals surface area contributed by atoms with Crippen molar-refractivity contribution in [2.75, 3.05) is 20.3 Å². The van der Waals surface area contributed by atoms with Gasteiger partial charge in [0.25, 0.3) is 0 Å². The van der Waals surface area contributed by atoms with E-state index in [4.69, 9.17) is 10.5 Å². The van der Waals surface area contributed by atoms with Crippen molar-refractivity contribution >= 4 is 6.21 Å². The second-order valence-corrected chi connectivity index (χ2v) is 4.39. The van der Waals surface area contributed by atoms with Crippen LogP contribution in [0.15, 0.2) is 35.2 Å². The van der Waals surface area contributed by atoms with Crippen LogP contribution in [-0.2, 0) is 6.54 Å². The summed E-state index contributed by atoms with van der Waals surface area (Å²) in [6, 6.07) is 3.40. The first-order chi connectivity index (χ1) is 11.3. The number of H-pyrrole nitrogens is 1. The molecule has 0 fully saturated rings. The SMILES string of the molecule is CN=CC(=CN)NCc1nc(-c2ccc(OCCF)nc2)n[nH]1. The fourth-order valence-electron chi connectivity index (χ4n) is 1.72. The van der Waals surface area contributed by atoms with Gasteiger partial charge in [0.1, 0.15) is 19.1 Å². The minimum absolute atomic E-state index is 0.0130. The van der Waals surface area contributed by atoms with Crippen LogP contribution < -0.4 is 15.8 Å². The number of halogens is 1. The van der Waals surface area contributed by atoms with Gasteiger partial charge in [-0.15, -0.1) is 0 Å². The first kappa shape index (κ1) is 16.4. The van der Waals surface area contributed by atoms with E-state index in [1.165, 1.54) is 6.20 Å². The molecule has 0 radical (unpaired) electrons. The fourth-order valence-corrected chi connectivity index (χ4v) is 1.72. The number of aliphatic imine (C=N–C) groups is 1. The molecule has 8 nitrogen and oxygen atoms in total. The maximum absolute atomic E-state index is 12.0. The normalized spacial score (nSPS) is 11.8. The van der Waals surface area contributed by atoms with Gasteiger partial charge in [-0.3, -0.25) is 10.1 Å². The predicted octanol–water partition coefficient (Wildman–Crippen LogP) is 0.805. The van der Waals surface area contributed by atoms with Crippen LogP contribution in [0.5, 0.6) is 5.88 Å². The zero-order valence-electron chi connectivity index (χ0n) is 12.7. The first-order valence-electron chi connectivity index (χ1n) is 6.91. The number of nitrogens with zero attached hydrogens (tertiary/aromatic N) is 4. The molecule has 0 amide bonds. The molecular formula is C14H18FN7O. The summed E-state index contributed by atoms with van der Waals surface area (Å²) in [6.07, 6.45) is 4.60. The molecule has 9 heteroatoms. The average Bonchev–Trinajstić information content (AvgIpc) is 3.06. The van der Waals surface area contributed by atoms with Crippen LogP contribution in [0.25, 0.3) is 11.4 Å². The first-order valence-corrected chi connectivity index (χ1v) is 6.91. The van der Waals surface area contributed by atoms with Gasteiger partial charge in [0.05, 0.1) is 12.2 Å². The Labute approximate surface area is 132 Å². The summed E-state index contributed by atoms with van der Waals surface area (Å²) in [4.78, 5) is 12.3. The van der Waals surface area contributed by atoms with E-state index in [1.54, 1.807) is 31.6 Å². The van der Waals surface area contributed by atoms with Crippen molar-refractivity contribution in [1.82, 2.24) is 25.5 Å². The number of alkyl halides is 1. The quantitative estimate of drug-likeness (QED) is 0.620. The molecule has 0 saturated heterocycles. The topological polar surface area (TPSA) is 114 Å². The van der Waals surface area contributed by atoms with Crippen LogP contribution >= 0.6 is 0 Å². The number of nitrogens with one attached hydrogen (secondary N) is 2. The Bertz CT molecular complexity index is 666.